The van der Waals surface area contributed by atoms with Gasteiger partial charge in [-0.15, -0.1) is 0 Å². The van der Waals surface area contributed by atoms with Crippen molar-refractivity contribution in [2.45, 2.75) is 32.2 Å². The van der Waals surface area contributed by atoms with Gasteiger partial charge in [-0.3, -0.25) is 5.10 Å². The molecule has 1 N–H and O–H groups in total. The Hall–Kier alpha value is -1.49. The molecule has 17 heavy (non-hydrogen) atoms. The lowest BCUT2D eigenvalue weighted by Gasteiger charge is -2.19. The third kappa shape index (κ3) is 1.80. The van der Waals surface area contributed by atoms with Gasteiger partial charge in [-0.25, -0.2) is 9.97 Å². The maximum atomic E-state index is 4.38. The molecule has 1 saturated heterocycles. The minimum Gasteiger partial charge on any atom is -0.300 e. The van der Waals surface area contributed by atoms with E-state index in [0.29, 0.717) is 12.0 Å². The van der Waals surface area contributed by atoms with E-state index >= 15 is 0 Å². The number of hydrogen-bond acceptors (Lipinski definition) is 4. The smallest absolute Gasteiger partial charge is 0.199 e. The van der Waals surface area contributed by atoms with Crippen LogP contribution in [0.3, 0.4) is 0 Å². The van der Waals surface area contributed by atoms with Crippen molar-refractivity contribution < 1.29 is 0 Å². The number of fused-ring (bicyclic) bond motifs is 1. The summed E-state index contributed by atoms with van der Waals surface area (Å²) in [5, 5.41) is 7.33. The van der Waals surface area contributed by atoms with Crippen LogP contribution in [0.15, 0.2) is 12.4 Å². The minimum atomic E-state index is 0.513. The Bertz CT molecular complexity index is 518. The first-order valence-electron chi connectivity index (χ1n) is 6.14. The number of aromatic amines is 1. The number of H-pyrrole nitrogens is 1. The molecule has 5 nitrogen and oxygen atoms in total. The topological polar surface area (TPSA) is 57.7 Å². The molecule has 2 aromatic rings. The molecule has 1 aliphatic heterocycles. The van der Waals surface area contributed by atoms with Crippen LogP contribution in [-0.4, -0.2) is 44.2 Å². The van der Waals surface area contributed by atoms with E-state index in [9.17, 15) is 0 Å². The minimum absolute atomic E-state index is 0.513. The zero-order valence-corrected chi connectivity index (χ0v) is 10.2. The van der Waals surface area contributed by atoms with E-state index in [-0.39, 0.29) is 0 Å². The van der Waals surface area contributed by atoms with Gasteiger partial charge in [0.2, 0.25) is 0 Å². The molecule has 3 rings (SSSR count). The second-order valence-corrected chi connectivity index (χ2v) is 4.94. The Morgan fingerprint density at radius 1 is 1.35 bits per heavy atom. The Morgan fingerprint density at radius 3 is 2.94 bits per heavy atom. The Labute approximate surface area is 100 Å². The zero-order chi connectivity index (χ0) is 11.8. The molecule has 0 radical (unpaired) electrons. The van der Waals surface area contributed by atoms with Crippen LogP contribution in [0.4, 0.5) is 0 Å². The van der Waals surface area contributed by atoms with Crippen LogP contribution in [0.5, 0.6) is 0 Å². The number of aromatic nitrogens is 4. The second-order valence-electron chi connectivity index (χ2n) is 4.94. The Morgan fingerprint density at radius 2 is 2.18 bits per heavy atom. The first-order chi connectivity index (χ1) is 8.25. The van der Waals surface area contributed by atoms with Gasteiger partial charge in [0.05, 0.1) is 5.69 Å². The van der Waals surface area contributed by atoms with E-state index in [0.717, 1.165) is 29.9 Å². The molecule has 0 aliphatic carbocycles. The first kappa shape index (κ1) is 10.7. The highest BCUT2D eigenvalue weighted by molar-refractivity contribution is 5.72. The van der Waals surface area contributed by atoms with Crippen molar-refractivity contribution in [3.63, 3.8) is 0 Å². The van der Waals surface area contributed by atoms with Crippen molar-refractivity contribution in [3.8, 4) is 0 Å². The van der Waals surface area contributed by atoms with Crippen molar-refractivity contribution in [2.75, 3.05) is 13.1 Å². The van der Waals surface area contributed by atoms with Crippen molar-refractivity contribution in [3.05, 3.63) is 18.1 Å². The van der Waals surface area contributed by atoms with Crippen molar-refractivity contribution in [1.82, 2.24) is 25.1 Å². The van der Waals surface area contributed by atoms with E-state index in [1.54, 1.807) is 12.4 Å². The number of rotatable bonds is 2. The summed E-state index contributed by atoms with van der Waals surface area (Å²) in [7, 11) is 0. The number of nitrogens with zero attached hydrogens (tertiary/aromatic N) is 4. The van der Waals surface area contributed by atoms with Gasteiger partial charge < -0.3 is 4.90 Å². The quantitative estimate of drug-likeness (QED) is 0.852. The fourth-order valence-electron chi connectivity index (χ4n) is 2.55. The molecule has 90 valence electrons. The average molecular weight is 231 g/mol. The lowest BCUT2D eigenvalue weighted by molar-refractivity contribution is 0.272. The van der Waals surface area contributed by atoms with Gasteiger partial charge in [0.15, 0.2) is 5.65 Å². The summed E-state index contributed by atoms with van der Waals surface area (Å²) in [5.74, 6) is 0.513. The summed E-state index contributed by atoms with van der Waals surface area (Å²) in [5.41, 5.74) is 2.81. The first-order valence-corrected chi connectivity index (χ1v) is 6.14. The van der Waals surface area contributed by atoms with E-state index in [2.05, 4.69) is 38.9 Å². The highest BCUT2D eigenvalue weighted by Gasteiger charge is 2.28. The molecule has 0 amide bonds. The fourth-order valence-corrected chi connectivity index (χ4v) is 2.55. The molecule has 0 aromatic carbocycles. The predicted molar refractivity (Wildman–Crippen MR) is 65.8 cm³/mol. The third-order valence-electron chi connectivity index (χ3n) is 3.57. The number of hydrogen-bond donors (Lipinski definition) is 1. The van der Waals surface area contributed by atoms with Crippen LogP contribution in [-0.2, 0) is 0 Å². The van der Waals surface area contributed by atoms with Gasteiger partial charge in [0.1, 0.15) is 5.52 Å². The standard InChI is InChI=1S/C12H17N5/c1-8(2)17-6-3-9(7-17)10-11-12(16-15-10)14-5-4-13-11/h4-5,8-9H,3,6-7H2,1-2H3,(H,14,15,16)/t9-/m1/s1. The van der Waals surface area contributed by atoms with Crippen LogP contribution < -0.4 is 0 Å². The van der Waals surface area contributed by atoms with Crippen molar-refractivity contribution in [2.24, 2.45) is 0 Å². The van der Waals surface area contributed by atoms with Gasteiger partial charge in [-0.05, 0) is 26.8 Å². The average Bonchev–Trinajstić information content (AvgIpc) is 2.95. The van der Waals surface area contributed by atoms with Gasteiger partial charge in [0.25, 0.3) is 0 Å². The molecule has 1 fully saturated rings. The largest absolute Gasteiger partial charge is 0.300 e. The Balaban J connectivity index is 1.90. The van der Waals surface area contributed by atoms with Gasteiger partial charge in [0, 0.05) is 30.9 Å². The second kappa shape index (κ2) is 4.07. The van der Waals surface area contributed by atoms with Gasteiger partial charge in [-0.2, -0.15) is 5.10 Å². The molecular weight excluding hydrogens is 214 g/mol. The lowest BCUT2D eigenvalue weighted by atomic mass is 10.0. The van der Waals surface area contributed by atoms with Crippen LogP contribution in [0.2, 0.25) is 0 Å². The summed E-state index contributed by atoms with van der Waals surface area (Å²) in [6, 6.07) is 0.611. The van der Waals surface area contributed by atoms with E-state index in [4.69, 9.17) is 0 Å². The summed E-state index contributed by atoms with van der Waals surface area (Å²) in [6.07, 6.45) is 4.59. The van der Waals surface area contributed by atoms with Crippen molar-refractivity contribution >= 4 is 11.2 Å². The molecule has 1 atom stereocenters. The summed E-state index contributed by atoms with van der Waals surface area (Å²) < 4.78 is 0. The molecule has 0 unspecified atom stereocenters. The summed E-state index contributed by atoms with van der Waals surface area (Å²) >= 11 is 0. The predicted octanol–water partition coefficient (Wildman–Crippen LogP) is 1.55. The number of likely N-dealkylation sites (tertiary alicyclic amines) is 1. The molecule has 0 saturated carbocycles. The molecular formula is C12H17N5. The third-order valence-corrected chi connectivity index (χ3v) is 3.57. The Kier molecular flexibility index (Phi) is 2.55. The SMILES string of the molecule is CC(C)N1CC[C@@H](c2[nH]nc3nccnc23)C1. The monoisotopic (exact) mass is 231 g/mol. The zero-order valence-electron chi connectivity index (χ0n) is 10.2. The molecule has 0 bridgehead atoms. The van der Waals surface area contributed by atoms with Crippen molar-refractivity contribution in [1.29, 1.82) is 0 Å². The molecule has 1 aliphatic rings. The highest BCUT2D eigenvalue weighted by Crippen LogP contribution is 2.29. The molecule has 5 heteroatoms. The molecule has 2 aromatic heterocycles. The highest BCUT2D eigenvalue weighted by atomic mass is 15.2. The van der Waals surface area contributed by atoms with E-state index in [1.165, 1.54) is 6.42 Å². The van der Waals surface area contributed by atoms with Crippen LogP contribution in [0, 0.1) is 0 Å². The van der Waals surface area contributed by atoms with Crippen LogP contribution in [0.1, 0.15) is 31.9 Å². The van der Waals surface area contributed by atoms with Crippen LogP contribution >= 0.6 is 0 Å². The lowest BCUT2D eigenvalue weighted by Crippen LogP contribution is -2.27. The van der Waals surface area contributed by atoms with Gasteiger partial charge in [-0.1, -0.05) is 0 Å². The normalized spacial score (nSPS) is 21.7. The fraction of sp³-hybridized carbons (Fsp3) is 0.583. The molecule has 0 spiro atoms. The molecule has 3 heterocycles. The summed E-state index contributed by atoms with van der Waals surface area (Å²) in [6.45, 7) is 6.73. The van der Waals surface area contributed by atoms with Crippen LogP contribution in [0.25, 0.3) is 11.2 Å². The number of nitrogens with one attached hydrogen (secondary N) is 1. The van der Waals surface area contributed by atoms with E-state index < -0.39 is 0 Å². The summed E-state index contributed by atoms with van der Waals surface area (Å²) in [4.78, 5) is 11.1. The van der Waals surface area contributed by atoms with Gasteiger partial charge >= 0.3 is 0 Å². The maximum absolute atomic E-state index is 4.38. The maximum Gasteiger partial charge on any atom is 0.199 e. The van der Waals surface area contributed by atoms with E-state index in [1.807, 2.05) is 0 Å².